The van der Waals surface area contributed by atoms with Crippen molar-refractivity contribution in [2.24, 2.45) is 0 Å². The molecular formula is C27H29F3N4O3. The van der Waals surface area contributed by atoms with Gasteiger partial charge in [0, 0.05) is 37.0 Å². The summed E-state index contributed by atoms with van der Waals surface area (Å²) in [5, 5.41) is 10.5. The van der Waals surface area contributed by atoms with Gasteiger partial charge in [-0.1, -0.05) is 34.6 Å². The van der Waals surface area contributed by atoms with Gasteiger partial charge in [-0.15, -0.1) is 0 Å². The molecule has 2 aromatic carbocycles. The van der Waals surface area contributed by atoms with E-state index in [0.717, 1.165) is 17.7 Å². The molecule has 0 unspecified atom stereocenters. The Morgan fingerprint density at radius 1 is 1.08 bits per heavy atom. The Bertz CT molecular complexity index is 1330. The van der Waals surface area contributed by atoms with Crippen molar-refractivity contribution in [2.45, 2.75) is 65.2 Å². The molecule has 7 nitrogen and oxygen atoms in total. The van der Waals surface area contributed by atoms with E-state index in [2.05, 4.69) is 15.6 Å². The fraction of sp³-hybridized carbons (Fsp3) is 0.407. The van der Waals surface area contributed by atoms with Crippen molar-refractivity contribution in [3.8, 4) is 11.1 Å². The monoisotopic (exact) mass is 514 g/mol. The Morgan fingerprint density at radius 2 is 1.84 bits per heavy atom. The van der Waals surface area contributed by atoms with Gasteiger partial charge in [-0.25, -0.2) is 9.42 Å². The van der Waals surface area contributed by atoms with Crippen LogP contribution in [0.4, 0.5) is 18.0 Å². The summed E-state index contributed by atoms with van der Waals surface area (Å²) in [5.74, 6) is -0.146. The Labute approximate surface area is 213 Å². The summed E-state index contributed by atoms with van der Waals surface area (Å²) in [5.41, 5.74) is 2.96. The summed E-state index contributed by atoms with van der Waals surface area (Å²) in [6.45, 7) is 7.93. The maximum absolute atomic E-state index is 13.4. The second kappa shape index (κ2) is 9.99. The van der Waals surface area contributed by atoms with E-state index in [9.17, 15) is 22.8 Å². The number of hydrogen-bond donors (Lipinski definition) is 1. The number of rotatable bonds is 5. The van der Waals surface area contributed by atoms with Gasteiger partial charge in [0.15, 0.2) is 5.78 Å². The Hall–Kier alpha value is -3.69. The lowest BCUT2D eigenvalue weighted by Gasteiger charge is -2.34. The van der Waals surface area contributed by atoms with Crippen molar-refractivity contribution in [3.05, 3.63) is 70.0 Å². The van der Waals surface area contributed by atoms with Gasteiger partial charge in [0.05, 0.1) is 5.56 Å². The molecular weight excluding hydrogens is 485 g/mol. The van der Waals surface area contributed by atoms with E-state index in [4.69, 9.17) is 4.63 Å². The Balaban J connectivity index is 1.72. The van der Waals surface area contributed by atoms with Crippen molar-refractivity contribution in [1.29, 1.82) is 0 Å². The van der Waals surface area contributed by atoms with Gasteiger partial charge in [0.2, 0.25) is 0 Å². The number of carbonyl (C=O) groups is 2. The zero-order valence-electron chi connectivity index (χ0n) is 21.2. The average molecular weight is 515 g/mol. The van der Waals surface area contributed by atoms with Crippen LogP contribution in [0.2, 0.25) is 0 Å². The van der Waals surface area contributed by atoms with Crippen LogP contribution in [0.3, 0.4) is 0 Å². The number of aryl methyl sites for hydroxylation is 2. The normalized spacial score (nSPS) is 13.9. The molecule has 1 aromatic heterocycles. The Kier molecular flexibility index (Phi) is 7.12. The van der Waals surface area contributed by atoms with Crippen LogP contribution >= 0.6 is 0 Å². The lowest BCUT2D eigenvalue weighted by Crippen LogP contribution is -2.50. The maximum atomic E-state index is 13.4. The van der Waals surface area contributed by atoms with Crippen LogP contribution in [-0.4, -0.2) is 39.1 Å². The van der Waals surface area contributed by atoms with E-state index in [1.54, 1.807) is 30.0 Å². The lowest BCUT2D eigenvalue weighted by molar-refractivity contribution is -0.137. The van der Waals surface area contributed by atoms with E-state index in [0.29, 0.717) is 53.0 Å². The number of alkyl halides is 3. The predicted octanol–water partition coefficient (Wildman–Crippen LogP) is 5.75. The first-order valence-corrected chi connectivity index (χ1v) is 12.0. The number of carbonyl (C=O) groups excluding carboxylic acids is 2. The molecule has 1 N–H and O–H groups in total. The molecule has 2 amide bonds. The summed E-state index contributed by atoms with van der Waals surface area (Å²) in [6, 6.07) is 8.26. The molecule has 0 fully saturated rings. The molecule has 1 aliphatic rings. The van der Waals surface area contributed by atoms with Gasteiger partial charge < -0.3 is 10.2 Å². The molecule has 0 atom stereocenters. The number of halogens is 3. The number of benzene rings is 2. The summed E-state index contributed by atoms with van der Waals surface area (Å²) in [4.78, 5) is 27.9. The van der Waals surface area contributed by atoms with Gasteiger partial charge in [-0.05, 0) is 68.5 Å². The molecule has 1 aliphatic heterocycles. The third-order valence-electron chi connectivity index (χ3n) is 6.32. The fourth-order valence-electron chi connectivity index (χ4n) is 4.49. The average Bonchev–Trinajstić information content (AvgIpc) is 3.24. The van der Waals surface area contributed by atoms with Crippen LogP contribution < -0.4 is 5.32 Å². The molecule has 37 heavy (non-hydrogen) atoms. The highest BCUT2D eigenvalue weighted by atomic mass is 19.4. The number of amides is 2. The SMILES string of the molecule is Cc1nonc1CCC(=O)c1ccc(-c2cccc(C(F)(F)F)c2)c2c1CN(C(=O)NC(C)(C)C)CC2. The van der Waals surface area contributed by atoms with E-state index < -0.39 is 17.3 Å². The zero-order chi connectivity index (χ0) is 27.0. The van der Waals surface area contributed by atoms with Gasteiger partial charge in [-0.3, -0.25) is 4.79 Å². The van der Waals surface area contributed by atoms with E-state index in [-0.39, 0.29) is 24.8 Å². The molecule has 3 aromatic rings. The lowest BCUT2D eigenvalue weighted by atomic mass is 9.85. The summed E-state index contributed by atoms with van der Waals surface area (Å²) >= 11 is 0. The first-order valence-electron chi connectivity index (χ1n) is 12.0. The third kappa shape index (κ3) is 6.00. The topological polar surface area (TPSA) is 88.3 Å². The van der Waals surface area contributed by atoms with Crippen LogP contribution in [0.5, 0.6) is 0 Å². The van der Waals surface area contributed by atoms with Crippen molar-refractivity contribution in [3.63, 3.8) is 0 Å². The molecule has 0 aliphatic carbocycles. The number of hydrogen-bond acceptors (Lipinski definition) is 5. The molecule has 10 heteroatoms. The number of urea groups is 1. The first-order chi connectivity index (χ1) is 17.3. The van der Waals surface area contributed by atoms with Gasteiger partial charge in [-0.2, -0.15) is 13.2 Å². The summed E-state index contributed by atoms with van der Waals surface area (Å²) in [7, 11) is 0. The highest BCUT2D eigenvalue weighted by Crippen LogP contribution is 2.37. The molecule has 0 saturated heterocycles. The van der Waals surface area contributed by atoms with Crippen LogP contribution in [0, 0.1) is 6.92 Å². The molecule has 0 radical (unpaired) electrons. The minimum Gasteiger partial charge on any atom is -0.333 e. The van der Waals surface area contributed by atoms with Crippen molar-refractivity contribution in [2.75, 3.05) is 6.54 Å². The number of fused-ring (bicyclic) bond motifs is 1. The van der Waals surface area contributed by atoms with Crippen LogP contribution in [0.15, 0.2) is 41.0 Å². The van der Waals surface area contributed by atoms with E-state index >= 15 is 0 Å². The summed E-state index contributed by atoms with van der Waals surface area (Å²) < 4.78 is 44.9. The van der Waals surface area contributed by atoms with E-state index in [1.807, 2.05) is 20.8 Å². The summed E-state index contributed by atoms with van der Waals surface area (Å²) in [6.07, 6.45) is -3.57. The van der Waals surface area contributed by atoms with Crippen molar-refractivity contribution >= 4 is 11.8 Å². The highest BCUT2D eigenvalue weighted by Gasteiger charge is 2.32. The minimum atomic E-state index is -4.47. The van der Waals surface area contributed by atoms with Crippen LogP contribution in [0.25, 0.3) is 11.1 Å². The largest absolute Gasteiger partial charge is 0.416 e. The third-order valence-corrected chi connectivity index (χ3v) is 6.32. The number of ketones is 1. The molecule has 196 valence electrons. The zero-order valence-corrected chi connectivity index (χ0v) is 21.2. The number of aromatic nitrogens is 2. The van der Waals surface area contributed by atoms with E-state index in [1.165, 1.54) is 6.07 Å². The van der Waals surface area contributed by atoms with Crippen molar-refractivity contribution in [1.82, 2.24) is 20.5 Å². The molecule has 0 saturated carbocycles. The first kappa shape index (κ1) is 26.4. The minimum absolute atomic E-state index is 0.146. The van der Waals surface area contributed by atoms with Crippen LogP contribution in [0.1, 0.15) is 65.6 Å². The van der Waals surface area contributed by atoms with Crippen LogP contribution in [-0.2, 0) is 25.6 Å². The van der Waals surface area contributed by atoms with Gasteiger partial charge in [0.1, 0.15) is 11.4 Å². The van der Waals surface area contributed by atoms with Crippen molar-refractivity contribution < 1.29 is 27.4 Å². The number of Topliss-reactive ketones (excluding diaryl/α,β-unsaturated/α-hetero) is 1. The molecule has 2 heterocycles. The highest BCUT2D eigenvalue weighted by molar-refractivity contribution is 5.99. The second-order valence-corrected chi connectivity index (χ2v) is 10.3. The van der Waals surface area contributed by atoms with Gasteiger partial charge >= 0.3 is 12.2 Å². The molecule has 0 bridgehead atoms. The fourth-order valence-corrected chi connectivity index (χ4v) is 4.49. The second-order valence-electron chi connectivity index (χ2n) is 10.3. The standard InChI is InChI=1S/C27H29F3N4O3/c1-16-23(33-37-32-16)10-11-24(35)21-9-8-19(17-6-5-7-18(14-17)27(28,29)30)20-12-13-34(15-22(20)21)25(36)31-26(2,3)4/h5-9,14H,10-13,15H2,1-4H3,(H,31,36). The maximum Gasteiger partial charge on any atom is 0.416 e. The Morgan fingerprint density at radius 3 is 2.49 bits per heavy atom. The quantitative estimate of drug-likeness (QED) is 0.439. The van der Waals surface area contributed by atoms with Gasteiger partial charge in [0.25, 0.3) is 0 Å². The molecule has 0 spiro atoms. The number of nitrogens with one attached hydrogen (secondary N) is 1. The molecule has 4 rings (SSSR count). The predicted molar refractivity (Wildman–Crippen MR) is 131 cm³/mol. The smallest absolute Gasteiger partial charge is 0.333 e. The number of nitrogens with zero attached hydrogens (tertiary/aromatic N) is 3.